The number of oxime groups is 1. The first kappa shape index (κ1) is 23.9. The molecule has 10 heteroatoms. The molecule has 1 amide bonds. The highest BCUT2D eigenvalue weighted by atomic mass is 35.5. The number of ether oxygens (including phenoxy) is 1. The van der Waals surface area contributed by atoms with E-state index in [0.717, 1.165) is 12.1 Å². The van der Waals surface area contributed by atoms with Gasteiger partial charge in [0.1, 0.15) is 5.75 Å². The zero-order valence-corrected chi connectivity index (χ0v) is 19.1. The van der Waals surface area contributed by atoms with Gasteiger partial charge in [-0.1, -0.05) is 40.5 Å². The Bertz CT molecular complexity index is 1240. The number of carbonyl (C=O) groups is 1. The van der Waals surface area contributed by atoms with Crippen molar-refractivity contribution in [3.63, 3.8) is 0 Å². The molecule has 1 heterocycles. The topological polar surface area (TPSA) is 59.9 Å². The molecule has 5 nitrogen and oxygen atoms in total. The van der Waals surface area contributed by atoms with Gasteiger partial charge in [0.25, 0.3) is 11.5 Å². The van der Waals surface area contributed by atoms with Gasteiger partial charge in [0, 0.05) is 38.8 Å². The van der Waals surface area contributed by atoms with Gasteiger partial charge in [0.15, 0.2) is 0 Å². The summed E-state index contributed by atoms with van der Waals surface area (Å²) in [5.41, 5.74) is -1.78. The molecule has 0 saturated heterocycles. The molecule has 1 aliphatic heterocycles. The predicted molar refractivity (Wildman–Crippen MR) is 124 cm³/mol. The standard InChI is InChI=1S/C24H17Cl2F3N2O3/c1-33-20-7-5-14(6-8-20)22(32)30-19-4-2-3-15(9-19)21-13-23(34-31-21,24(27,28)29)16-10-17(25)12-18(26)11-16/h2-12H,13H2,1H3,(H,30,32). The smallest absolute Gasteiger partial charge is 0.435 e. The van der Waals surface area contributed by atoms with Crippen LogP contribution in [0.15, 0.2) is 71.9 Å². The maximum atomic E-state index is 14.2. The van der Waals surface area contributed by atoms with Crippen LogP contribution in [0.2, 0.25) is 10.0 Å². The molecule has 0 bridgehead atoms. The Labute approximate surface area is 203 Å². The summed E-state index contributed by atoms with van der Waals surface area (Å²) in [5.74, 6) is 0.217. The minimum atomic E-state index is -4.80. The normalized spacial score (nSPS) is 17.6. The van der Waals surface area contributed by atoms with Crippen molar-refractivity contribution in [3.8, 4) is 5.75 Å². The monoisotopic (exact) mass is 508 g/mol. The lowest BCUT2D eigenvalue weighted by molar-refractivity contribution is -0.275. The molecule has 0 aliphatic carbocycles. The maximum Gasteiger partial charge on any atom is 0.435 e. The second-order valence-corrected chi connectivity index (χ2v) is 8.43. The highest BCUT2D eigenvalue weighted by Gasteiger charge is 2.62. The van der Waals surface area contributed by atoms with Crippen molar-refractivity contribution >= 4 is 40.5 Å². The Morgan fingerprint density at radius 3 is 2.35 bits per heavy atom. The number of hydrogen-bond donors (Lipinski definition) is 1. The fourth-order valence-corrected chi connectivity index (χ4v) is 4.09. The Morgan fingerprint density at radius 1 is 1.06 bits per heavy atom. The molecular weight excluding hydrogens is 492 g/mol. The van der Waals surface area contributed by atoms with E-state index in [1.807, 2.05) is 0 Å². The van der Waals surface area contributed by atoms with E-state index >= 15 is 0 Å². The fraction of sp³-hybridized carbons (Fsp3) is 0.167. The molecule has 34 heavy (non-hydrogen) atoms. The molecule has 1 atom stereocenters. The Kier molecular flexibility index (Phi) is 6.47. The first-order valence-electron chi connectivity index (χ1n) is 9.95. The van der Waals surface area contributed by atoms with Gasteiger partial charge in [-0.2, -0.15) is 13.2 Å². The molecule has 176 valence electrons. The van der Waals surface area contributed by atoms with E-state index in [1.165, 1.54) is 19.2 Å². The van der Waals surface area contributed by atoms with Crippen LogP contribution in [0.1, 0.15) is 27.9 Å². The molecule has 1 N–H and O–H groups in total. The number of nitrogens with zero attached hydrogens (tertiary/aromatic N) is 1. The second kappa shape index (κ2) is 9.19. The van der Waals surface area contributed by atoms with Crippen LogP contribution in [-0.4, -0.2) is 24.9 Å². The third-order valence-electron chi connectivity index (χ3n) is 5.32. The van der Waals surface area contributed by atoms with Crippen molar-refractivity contribution in [1.29, 1.82) is 0 Å². The summed E-state index contributed by atoms with van der Waals surface area (Å²) in [6.45, 7) is 0. The van der Waals surface area contributed by atoms with E-state index in [9.17, 15) is 18.0 Å². The van der Waals surface area contributed by atoms with E-state index in [2.05, 4.69) is 10.5 Å². The average molecular weight is 509 g/mol. The van der Waals surface area contributed by atoms with Crippen molar-refractivity contribution in [3.05, 3.63) is 93.5 Å². The molecule has 3 aromatic rings. The lowest BCUT2D eigenvalue weighted by Crippen LogP contribution is -2.42. The van der Waals surface area contributed by atoms with Crippen LogP contribution in [0.4, 0.5) is 18.9 Å². The number of benzene rings is 3. The van der Waals surface area contributed by atoms with Gasteiger partial charge in [-0.15, -0.1) is 0 Å². The zero-order chi connectivity index (χ0) is 24.5. The minimum Gasteiger partial charge on any atom is -0.497 e. The number of rotatable bonds is 5. The van der Waals surface area contributed by atoms with E-state index in [1.54, 1.807) is 42.5 Å². The molecular formula is C24H17Cl2F3N2O3. The van der Waals surface area contributed by atoms with E-state index in [0.29, 0.717) is 22.6 Å². The third-order valence-corrected chi connectivity index (χ3v) is 5.76. The van der Waals surface area contributed by atoms with E-state index in [-0.39, 0.29) is 27.2 Å². The molecule has 0 saturated carbocycles. The van der Waals surface area contributed by atoms with Crippen LogP contribution >= 0.6 is 23.2 Å². The van der Waals surface area contributed by atoms with Crippen molar-refractivity contribution in [2.45, 2.75) is 18.2 Å². The summed E-state index contributed by atoms with van der Waals surface area (Å²) in [6.07, 6.45) is -5.39. The summed E-state index contributed by atoms with van der Waals surface area (Å²) in [5, 5.41) is 6.56. The van der Waals surface area contributed by atoms with Crippen LogP contribution in [0, 0.1) is 0 Å². The number of halogens is 5. The van der Waals surface area contributed by atoms with Gasteiger partial charge in [0.2, 0.25) is 0 Å². The Morgan fingerprint density at radius 2 is 1.74 bits per heavy atom. The van der Waals surface area contributed by atoms with Crippen LogP contribution < -0.4 is 10.1 Å². The lowest BCUT2D eigenvalue weighted by Gasteiger charge is -2.29. The van der Waals surface area contributed by atoms with Crippen LogP contribution in [0.3, 0.4) is 0 Å². The third kappa shape index (κ3) is 4.69. The van der Waals surface area contributed by atoms with Gasteiger partial charge in [-0.05, 0) is 54.6 Å². The fourth-order valence-electron chi connectivity index (χ4n) is 3.57. The summed E-state index contributed by atoms with van der Waals surface area (Å²) < 4.78 is 47.7. The quantitative estimate of drug-likeness (QED) is 0.410. The van der Waals surface area contributed by atoms with E-state index in [4.69, 9.17) is 32.8 Å². The molecule has 0 fully saturated rings. The van der Waals surface area contributed by atoms with Gasteiger partial charge in [0.05, 0.1) is 12.8 Å². The summed E-state index contributed by atoms with van der Waals surface area (Å²) in [4.78, 5) is 17.6. The van der Waals surface area contributed by atoms with Crippen LogP contribution in [-0.2, 0) is 10.4 Å². The zero-order valence-electron chi connectivity index (χ0n) is 17.6. The molecule has 1 unspecified atom stereocenters. The van der Waals surface area contributed by atoms with Crippen molar-refractivity contribution < 1.29 is 27.5 Å². The van der Waals surface area contributed by atoms with Crippen molar-refractivity contribution in [2.75, 3.05) is 12.4 Å². The molecule has 0 spiro atoms. The summed E-state index contributed by atoms with van der Waals surface area (Å²) in [6, 6.07) is 16.5. The number of hydrogen-bond acceptors (Lipinski definition) is 4. The largest absolute Gasteiger partial charge is 0.497 e. The average Bonchev–Trinajstić information content (AvgIpc) is 3.26. The first-order chi connectivity index (χ1) is 16.1. The summed E-state index contributed by atoms with van der Waals surface area (Å²) >= 11 is 11.9. The van der Waals surface area contributed by atoms with Gasteiger partial charge in [-0.3, -0.25) is 4.79 Å². The molecule has 4 rings (SSSR count). The van der Waals surface area contributed by atoms with Gasteiger partial charge in [-0.25, -0.2) is 0 Å². The van der Waals surface area contributed by atoms with Crippen LogP contribution in [0.5, 0.6) is 5.75 Å². The predicted octanol–water partition coefficient (Wildman–Crippen LogP) is 6.84. The van der Waals surface area contributed by atoms with Crippen molar-refractivity contribution in [2.24, 2.45) is 5.16 Å². The van der Waals surface area contributed by atoms with E-state index < -0.39 is 18.2 Å². The molecule has 0 radical (unpaired) electrons. The number of methoxy groups -OCH3 is 1. The number of alkyl halides is 3. The number of anilines is 1. The van der Waals surface area contributed by atoms with Crippen LogP contribution in [0.25, 0.3) is 0 Å². The number of nitrogens with one attached hydrogen (secondary N) is 1. The SMILES string of the molecule is COc1ccc(C(=O)Nc2cccc(C3=NOC(c4cc(Cl)cc(Cl)c4)(C(F)(F)F)C3)c2)cc1. The Hall–Kier alpha value is -3.23. The highest BCUT2D eigenvalue weighted by Crippen LogP contribution is 2.49. The molecule has 3 aromatic carbocycles. The number of carbonyl (C=O) groups excluding carboxylic acids is 1. The lowest BCUT2D eigenvalue weighted by atomic mass is 9.86. The van der Waals surface area contributed by atoms with Crippen molar-refractivity contribution in [1.82, 2.24) is 0 Å². The summed E-state index contributed by atoms with van der Waals surface area (Å²) in [7, 11) is 1.52. The maximum absolute atomic E-state index is 14.2. The minimum absolute atomic E-state index is 0.0476. The molecule has 1 aliphatic rings. The van der Waals surface area contributed by atoms with Gasteiger partial charge >= 0.3 is 6.18 Å². The first-order valence-corrected chi connectivity index (χ1v) is 10.7. The Balaban J connectivity index is 1.58. The van der Waals surface area contributed by atoms with Gasteiger partial charge < -0.3 is 14.9 Å². The second-order valence-electron chi connectivity index (χ2n) is 7.55. The highest BCUT2D eigenvalue weighted by molar-refractivity contribution is 6.34. The molecule has 0 aromatic heterocycles. The number of amides is 1.